The maximum absolute atomic E-state index is 10.8. The van der Waals surface area contributed by atoms with Crippen molar-refractivity contribution in [3.05, 3.63) is 29.3 Å². The van der Waals surface area contributed by atoms with Gasteiger partial charge in [0.05, 0.1) is 0 Å². The van der Waals surface area contributed by atoms with E-state index in [0.717, 1.165) is 5.56 Å². The van der Waals surface area contributed by atoms with E-state index in [4.69, 9.17) is 14.6 Å². The Hall–Kier alpha value is -1.55. The van der Waals surface area contributed by atoms with Crippen LogP contribution in [0, 0.1) is 6.92 Å². The first-order valence-electron chi connectivity index (χ1n) is 4.11. The summed E-state index contributed by atoms with van der Waals surface area (Å²) >= 11 is 0. The van der Waals surface area contributed by atoms with Crippen molar-refractivity contribution in [3.63, 3.8) is 0 Å². The van der Waals surface area contributed by atoms with Crippen LogP contribution >= 0.6 is 0 Å². The molecule has 0 atom stereocenters. The molecule has 1 N–H and O–H groups in total. The van der Waals surface area contributed by atoms with Crippen LogP contribution in [0.1, 0.15) is 15.9 Å². The van der Waals surface area contributed by atoms with Crippen molar-refractivity contribution >= 4 is 5.97 Å². The Morgan fingerprint density at radius 3 is 2.79 bits per heavy atom. The first-order chi connectivity index (χ1) is 6.65. The topological polar surface area (TPSA) is 55.8 Å². The van der Waals surface area contributed by atoms with Crippen LogP contribution in [0.5, 0.6) is 5.75 Å². The van der Waals surface area contributed by atoms with E-state index < -0.39 is 5.97 Å². The lowest BCUT2D eigenvalue weighted by molar-refractivity contribution is 0.0483. The van der Waals surface area contributed by atoms with Crippen LogP contribution in [0.2, 0.25) is 0 Å². The summed E-state index contributed by atoms with van der Waals surface area (Å²) < 4.78 is 9.80. The monoisotopic (exact) mass is 196 g/mol. The maximum atomic E-state index is 10.8. The first-order valence-corrected chi connectivity index (χ1v) is 4.11. The minimum atomic E-state index is -1.00. The highest BCUT2D eigenvalue weighted by Crippen LogP contribution is 2.19. The van der Waals surface area contributed by atoms with Crippen LogP contribution in [-0.2, 0) is 4.74 Å². The molecule has 1 aromatic rings. The van der Waals surface area contributed by atoms with Gasteiger partial charge in [-0.25, -0.2) is 4.79 Å². The van der Waals surface area contributed by atoms with Gasteiger partial charge in [0.15, 0.2) is 6.79 Å². The van der Waals surface area contributed by atoms with Gasteiger partial charge in [-0.15, -0.1) is 0 Å². The molecular weight excluding hydrogens is 184 g/mol. The van der Waals surface area contributed by atoms with Gasteiger partial charge in [0.1, 0.15) is 11.3 Å². The van der Waals surface area contributed by atoms with Gasteiger partial charge in [0.2, 0.25) is 0 Å². The van der Waals surface area contributed by atoms with Gasteiger partial charge in [0, 0.05) is 7.11 Å². The Morgan fingerprint density at radius 2 is 2.21 bits per heavy atom. The smallest absolute Gasteiger partial charge is 0.339 e. The molecule has 76 valence electrons. The van der Waals surface area contributed by atoms with Crippen molar-refractivity contribution in [2.75, 3.05) is 13.9 Å². The summed E-state index contributed by atoms with van der Waals surface area (Å²) in [5, 5.41) is 8.87. The fraction of sp³-hybridized carbons (Fsp3) is 0.300. The first kappa shape index (κ1) is 10.5. The molecule has 1 rings (SSSR count). The summed E-state index contributed by atoms with van der Waals surface area (Å²) in [4.78, 5) is 10.8. The molecule has 0 aliphatic heterocycles. The second-order valence-corrected chi connectivity index (χ2v) is 2.86. The van der Waals surface area contributed by atoms with Gasteiger partial charge in [0.25, 0.3) is 0 Å². The zero-order valence-corrected chi connectivity index (χ0v) is 8.11. The minimum absolute atomic E-state index is 0.0450. The molecular formula is C10H12O4. The maximum Gasteiger partial charge on any atom is 0.339 e. The third-order valence-electron chi connectivity index (χ3n) is 1.70. The Kier molecular flexibility index (Phi) is 3.48. The highest BCUT2D eigenvalue weighted by molar-refractivity contribution is 5.91. The molecule has 0 aliphatic carbocycles. The van der Waals surface area contributed by atoms with Crippen molar-refractivity contribution < 1.29 is 19.4 Å². The minimum Gasteiger partial charge on any atom is -0.478 e. The predicted octanol–water partition coefficient (Wildman–Crippen LogP) is 1.68. The summed E-state index contributed by atoms with van der Waals surface area (Å²) in [6.45, 7) is 1.87. The summed E-state index contributed by atoms with van der Waals surface area (Å²) in [6, 6.07) is 4.97. The number of ether oxygens (including phenoxy) is 2. The molecule has 0 amide bonds. The standard InChI is InChI=1S/C10H12O4/c1-7-3-4-9(14-6-13-2)8(5-7)10(11)12/h3-5H,6H2,1-2H3,(H,11,12). The van der Waals surface area contributed by atoms with E-state index in [9.17, 15) is 4.79 Å². The SMILES string of the molecule is COCOc1ccc(C)cc1C(=O)O. The third-order valence-corrected chi connectivity index (χ3v) is 1.70. The van der Waals surface area contributed by atoms with Gasteiger partial charge in [-0.2, -0.15) is 0 Å². The summed E-state index contributed by atoms with van der Waals surface area (Å²) in [7, 11) is 1.48. The molecule has 0 saturated carbocycles. The lowest BCUT2D eigenvalue weighted by Crippen LogP contribution is -2.05. The number of carboxylic acids is 1. The molecule has 14 heavy (non-hydrogen) atoms. The zero-order valence-electron chi connectivity index (χ0n) is 8.11. The molecule has 0 heterocycles. The molecule has 0 bridgehead atoms. The molecule has 0 saturated heterocycles. The Bertz CT molecular complexity index is 333. The fourth-order valence-electron chi connectivity index (χ4n) is 1.06. The molecule has 4 heteroatoms. The van der Waals surface area contributed by atoms with Crippen LogP contribution in [0.4, 0.5) is 0 Å². The van der Waals surface area contributed by atoms with Crippen LogP contribution in [0.15, 0.2) is 18.2 Å². The van der Waals surface area contributed by atoms with E-state index in [1.54, 1.807) is 18.2 Å². The van der Waals surface area contributed by atoms with Gasteiger partial charge in [-0.05, 0) is 19.1 Å². The predicted molar refractivity (Wildman–Crippen MR) is 50.6 cm³/mol. The van der Waals surface area contributed by atoms with E-state index in [1.807, 2.05) is 6.92 Å². The van der Waals surface area contributed by atoms with E-state index in [2.05, 4.69) is 0 Å². The van der Waals surface area contributed by atoms with Gasteiger partial charge < -0.3 is 14.6 Å². The number of benzene rings is 1. The highest BCUT2D eigenvalue weighted by Gasteiger charge is 2.10. The molecule has 0 aromatic heterocycles. The van der Waals surface area contributed by atoms with E-state index in [-0.39, 0.29) is 12.4 Å². The van der Waals surface area contributed by atoms with E-state index in [1.165, 1.54) is 7.11 Å². The van der Waals surface area contributed by atoms with Crippen LogP contribution in [0.3, 0.4) is 0 Å². The Balaban J connectivity index is 2.96. The van der Waals surface area contributed by atoms with Crippen molar-refractivity contribution in [2.24, 2.45) is 0 Å². The van der Waals surface area contributed by atoms with Gasteiger partial charge in [-0.3, -0.25) is 0 Å². The zero-order chi connectivity index (χ0) is 10.6. The number of methoxy groups -OCH3 is 1. The summed E-state index contributed by atoms with van der Waals surface area (Å²) in [5.74, 6) is -0.676. The van der Waals surface area contributed by atoms with E-state index >= 15 is 0 Å². The summed E-state index contributed by atoms with van der Waals surface area (Å²) in [5.41, 5.74) is 1.04. The van der Waals surface area contributed by atoms with Crippen molar-refractivity contribution in [1.82, 2.24) is 0 Å². The molecule has 0 spiro atoms. The number of hydrogen-bond donors (Lipinski definition) is 1. The van der Waals surface area contributed by atoms with Gasteiger partial charge in [-0.1, -0.05) is 11.6 Å². The van der Waals surface area contributed by atoms with Crippen molar-refractivity contribution in [2.45, 2.75) is 6.92 Å². The lowest BCUT2D eigenvalue weighted by Gasteiger charge is -2.08. The second-order valence-electron chi connectivity index (χ2n) is 2.86. The van der Waals surface area contributed by atoms with Crippen molar-refractivity contribution in [1.29, 1.82) is 0 Å². The molecule has 0 unspecified atom stereocenters. The number of aryl methyl sites for hydroxylation is 1. The fourth-order valence-corrected chi connectivity index (χ4v) is 1.06. The normalized spacial score (nSPS) is 9.86. The van der Waals surface area contributed by atoms with Crippen LogP contribution in [0.25, 0.3) is 0 Å². The largest absolute Gasteiger partial charge is 0.478 e. The quantitative estimate of drug-likeness (QED) is 0.744. The number of rotatable bonds is 4. The summed E-state index contributed by atoms with van der Waals surface area (Å²) in [6.07, 6.45) is 0. The number of carboxylic acid groups (broad SMARTS) is 1. The Labute approximate surface area is 82.1 Å². The Morgan fingerprint density at radius 1 is 1.50 bits per heavy atom. The average Bonchev–Trinajstić information content (AvgIpc) is 2.15. The average molecular weight is 196 g/mol. The van der Waals surface area contributed by atoms with Gasteiger partial charge >= 0.3 is 5.97 Å². The van der Waals surface area contributed by atoms with E-state index in [0.29, 0.717) is 5.75 Å². The molecule has 0 aliphatic rings. The molecule has 0 fully saturated rings. The molecule has 0 radical (unpaired) electrons. The van der Waals surface area contributed by atoms with Crippen LogP contribution < -0.4 is 4.74 Å². The number of carbonyl (C=O) groups is 1. The van der Waals surface area contributed by atoms with Crippen molar-refractivity contribution in [3.8, 4) is 5.75 Å². The molecule has 1 aromatic carbocycles. The third kappa shape index (κ3) is 2.47. The number of aromatic carboxylic acids is 1. The molecule has 4 nitrogen and oxygen atoms in total. The number of hydrogen-bond acceptors (Lipinski definition) is 3. The second kappa shape index (κ2) is 4.62. The lowest BCUT2D eigenvalue weighted by atomic mass is 10.1. The van der Waals surface area contributed by atoms with Crippen LogP contribution in [-0.4, -0.2) is 25.0 Å². The highest BCUT2D eigenvalue weighted by atomic mass is 16.7.